The summed E-state index contributed by atoms with van der Waals surface area (Å²) in [5, 5.41) is 7.36. The summed E-state index contributed by atoms with van der Waals surface area (Å²) in [6.07, 6.45) is 1.07. The molecule has 2 aromatic carbocycles. The van der Waals surface area contributed by atoms with Crippen molar-refractivity contribution in [2.75, 3.05) is 16.3 Å². The number of benzene rings is 2. The van der Waals surface area contributed by atoms with Gasteiger partial charge in [-0.25, -0.2) is 8.42 Å². The van der Waals surface area contributed by atoms with Crippen molar-refractivity contribution in [3.63, 3.8) is 0 Å². The van der Waals surface area contributed by atoms with Crippen molar-refractivity contribution in [2.45, 2.75) is 6.54 Å². The minimum atomic E-state index is -3.42. The Labute approximate surface area is 172 Å². The first-order valence-electron chi connectivity index (χ1n) is 8.60. The van der Waals surface area contributed by atoms with E-state index in [1.54, 1.807) is 60.7 Å². The summed E-state index contributed by atoms with van der Waals surface area (Å²) in [5.74, 6) is -0.512. The number of amides is 2. The highest BCUT2D eigenvalue weighted by molar-refractivity contribution is 7.92. The van der Waals surface area contributed by atoms with E-state index in [0.717, 1.165) is 6.26 Å². The zero-order valence-corrected chi connectivity index (χ0v) is 17.1. The first-order chi connectivity index (χ1) is 13.8. The van der Waals surface area contributed by atoms with Gasteiger partial charge in [-0.1, -0.05) is 24.3 Å². The number of para-hydroxylation sites is 1. The number of rotatable bonds is 7. The van der Waals surface area contributed by atoms with Gasteiger partial charge >= 0.3 is 0 Å². The largest absolute Gasteiger partial charge is 0.348 e. The molecule has 3 aromatic rings. The Morgan fingerprint density at radius 3 is 2.31 bits per heavy atom. The molecule has 0 spiro atoms. The van der Waals surface area contributed by atoms with E-state index in [4.69, 9.17) is 0 Å². The lowest BCUT2D eigenvalue weighted by Gasteiger charge is -2.12. The number of sulfonamides is 1. The van der Waals surface area contributed by atoms with Crippen molar-refractivity contribution in [1.29, 1.82) is 0 Å². The van der Waals surface area contributed by atoms with Crippen LogP contribution in [0.15, 0.2) is 66.0 Å². The van der Waals surface area contributed by atoms with Crippen LogP contribution in [-0.2, 0) is 16.6 Å². The van der Waals surface area contributed by atoms with Gasteiger partial charge in [0, 0.05) is 17.8 Å². The minimum absolute atomic E-state index is 0.161. The molecule has 3 N–H and O–H groups in total. The Balaban J connectivity index is 1.61. The molecule has 0 aliphatic carbocycles. The smallest absolute Gasteiger partial charge is 0.265 e. The van der Waals surface area contributed by atoms with E-state index >= 15 is 0 Å². The molecular weight excluding hydrogens is 410 g/mol. The summed E-state index contributed by atoms with van der Waals surface area (Å²) in [4.78, 5) is 25.1. The predicted octanol–water partition coefficient (Wildman–Crippen LogP) is 3.30. The second-order valence-electron chi connectivity index (χ2n) is 6.22. The molecule has 0 fully saturated rings. The summed E-state index contributed by atoms with van der Waals surface area (Å²) in [6.45, 7) is 0.161. The minimum Gasteiger partial charge on any atom is -0.348 e. The van der Waals surface area contributed by atoms with Crippen LogP contribution in [0.4, 0.5) is 11.4 Å². The van der Waals surface area contributed by atoms with Crippen molar-refractivity contribution in [3.05, 3.63) is 82.0 Å². The van der Waals surface area contributed by atoms with Gasteiger partial charge in [0.05, 0.1) is 16.8 Å². The molecular formula is C20H19N3O4S2. The zero-order valence-electron chi connectivity index (χ0n) is 15.5. The average Bonchev–Trinajstić information content (AvgIpc) is 3.21. The predicted molar refractivity (Wildman–Crippen MR) is 115 cm³/mol. The van der Waals surface area contributed by atoms with E-state index in [2.05, 4.69) is 15.4 Å². The first-order valence-corrected chi connectivity index (χ1v) is 11.4. The second-order valence-corrected chi connectivity index (χ2v) is 8.92. The molecule has 0 saturated carbocycles. The number of carbonyl (C=O) groups excluding carboxylic acids is 2. The van der Waals surface area contributed by atoms with Gasteiger partial charge in [0.2, 0.25) is 10.0 Å². The van der Waals surface area contributed by atoms with E-state index in [1.165, 1.54) is 11.3 Å². The van der Waals surface area contributed by atoms with Crippen LogP contribution in [0.25, 0.3) is 0 Å². The van der Waals surface area contributed by atoms with Gasteiger partial charge < -0.3 is 10.6 Å². The number of hydrogen-bond donors (Lipinski definition) is 3. The third kappa shape index (κ3) is 5.90. The van der Waals surface area contributed by atoms with Crippen molar-refractivity contribution in [1.82, 2.24) is 5.32 Å². The van der Waals surface area contributed by atoms with Gasteiger partial charge in [-0.05, 0) is 47.3 Å². The fourth-order valence-corrected chi connectivity index (χ4v) is 3.77. The molecule has 7 nitrogen and oxygen atoms in total. The Morgan fingerprint density at radius 2 is 1.66 bits per heavy atom. The fraction of sp³-hybridized carbons (Fsp3) is 0.100. The lowest BCUT2D eigenvalue weighted by Crippen LogP contribution is -2.23. The highest BCUT2D eigenvalue weighted by Gasteiger charge is 2.11. The summed E-state index contributed by atoms with van der Waals surface area (Å²) in [6, 6.07) is 16.9. The van der Waals surface area contributed by atoms with E-state index in [9.17, 15) is 18.0 Å². The Hall–Kier alpha value is -3.17. The maximum atomic E-state index is 12.4. The number of hydrogen-bond acceptors (Lipinski definition) is 5. The number of anilines is 2. The quantitative estimate of drug-likeness (QED) is 0.536. The van der Waals surface area contributed by atoms with Crippen LogP contribution in [0, 0.1) is 0 Å². The van der Waals surface area contributed by atoms with Crippen LogP contribution in [0.2, 0.25) is 0 Å². The van der Waals surface area contributed by atoms with Gasteiger partial charge in [-0.15, -0.1) is 11.3 Å². The topological polar surface area (TPSA) is 104 Å². The van der Waals surface area contributed by atoms with Crippen LogP contribution in [-0.4, -0.2) is 26.5 Å². The molecule has 2 amide bonds. The molecule has 0 radical (unpaired) electrons. The van der Waals surface area contributed by atoms with Crippen molar-refractivity contribution < 1.29 is 18.0 Å². The average molecular weight is 430 g/mol. The molecule has 150 valence electrons. The van der Waals surface area contributed by atoms with Crippen LogP contribution in [0.5, 0.6) is 0 Å². The maximum absolute atomic E-state index is 12.4. The molecule has 29 heavy (non-hydrogen) atoms. The van der Waals surface area contributed by atoms with Crippen LogP contribution < -0.4 is 15.4 Å². The van der Waals surface area contributed by atoms with E-state index in [1.807, 2.05) is 5.38 Å². The van der Waals surface area contributed by atoms with Crippen molar-refractivity contribution >= 4 is 44.5 Å². The normalized spacial score (nSPS) is 10.9. The van der Waals surface area contributed by atoms with Crippen LogP contribution >= 0.6 is 11.3 Å². The maximum Gasteiger partial charge on any atom is 0.265 e. The van der Waals surface area contributed by atoms with E-state index < -0.39 is 10.0 Å². The lowest BCUT2D eigenvalue weighted by molar-refractivity contribution is 0.0950. The van der Waals surface area contributed by atoms with E-state index in [-0.39, 0.29) is 18.4 Å². The second kappa shape index (κ2) is 8.89. The lowest BCUT2D eigenvalue weighted by atomic mass is 10.1. The first kappa shape index (κ1) is 20.6. The Kier molecular flexibility index (Phi) is 6.30. The van der Waals surface area contributed by atoms with Gasteiger partial charge in [-0.3, -0.25) is 14.3 Å². The monoisotopic (exact) mass is 429 g/mol. The molecule has 1 heterocycles. The standard InChI is InChI=1S/C20H19N3O4S2/c1-29(26,27)23-17-6-3-2-5-15(17)13-21-19(24)14-8-10-16(11-9-14)22-20(25)18-7-4-12-28-18/h2-12,23H,13H2,1H3,(H,21,24)(H,22,25). The summed E-state index contributed by atoms with van der Waals surface area (Å²) in [5.41, 5.74) is 2.07. The molecule has 0 bridgehead atoms. The van der Waals surface area contributed by atoms with Gasteiger partial charge in [0.1, 0.15) is 0 Å². The summed E-state index contributed by atoms with van der Waals surface area (Å²) < 4.78 is 25.4. The highest BCUT2D eigenvalue weighted by Crippen LogP contribution is 2.17. The number of thiophene rings is 1. The van der Waals surface area contributed by atoms with Crippen molar-refractivity contribution in [3.8, 4) is 0 Å². The number of carbonyl (C=O) groups is 2. The molecule has 3 rings (SSSR count). The summed E-state index contributed by atoms with van der Waals surface area (Å²) in [7, 11) is -3.42. The Morgan fingerprint density at radius 1 is 0.931 bits per heavy atom. The van der Waals surface area contributed by atoms with E-state index in [0.29, 0.717) is 27.4 Å². The molecule has 0 atom stereocenters. The molecule has 0 unspecified atom stereocenters. The summed E-state index contributed by atoms with van der Waals surface area (Å²) >= 11 is 1.35. The fourth-order valence-electron chi connectivity index (χ4n) is 2.56. The SMILES string of the molecule is CS(=O)(=O)Nc1ccccc1CNC(=O)c1ccc(NC(=O)c2cccs2)cc1. The van der Waals surface area contributed by atoms with Gasteiger partial charge in [0.25, 0.3) is 11.8 Å². The molecule has 9 heteroatoms. The van der Waals surface area contributed by atoms with Crippen LogP contribution in [0.1, 0.15) is 25.6 Å². The highest BCUT2D eigenvalue weighted by atomic mass is 32.2. The number of nitrogens with one attached hydrogen (secondary N) is 3. The van der Waals surface area contributed by atoms with Gasteiger partial charge in [-0.2, -0.15) is 0 Å². The molecule has 0 saturated heterocycles. The molecule has 0 aliphatic heterocycles. The van der Waals surface area contributed by atoms with Gasteiger partial charge in [0.15, 0.2) is 0 Å². The Bertz CT molecular complexity index is 1110. The molecule has 0 aliphatic rings. The third-order valence-electron chi connectivity index (χ3n) is 3.90. The molecule has 1 aromatic heterocycles. The van der Waals surface area contributed by atoms with Crippen LogP contribution in [0.3, 0.4) is 0 Å². The third-order valence-corrected chi connectivity index (χ3v) is 5.36. The zero-order chi connectivity index (χ0) is 20.9. The van der Waals surface area contributed by atoms with Crippen molar-refractivity contribution in [2.24, 2.45) is 0 Å².